The molecule has 0 saturated carbocycles. The van der Waals surface area contributed by atoms with Crippen molar-refractivity contribution in [2.75, 3.05) is 16.6 Å². The van der Waals surface area contributed by atoms with E-state index in [-0.39, 0.29) is 21.9 Å². The first-order chi connectivity index (χ1) is 14.3. The molecule has 0 spiro atoms. The van der Waals surface area contributed by atoms with Crippen LogP contribution in [-0.2, 0) is 16.6 Å². The maximum Gasteiger partial charge on any atom is 0.265 e. The van der Waals surface area contributed by atoms with Gasteiger partial charge in [-0.15, -0.1) is 0 Å². The molecule has 0 fully saturated rings. The average molecular weight is 493 g/mol. The van der Waals surface area contributed by atoms with Crippen LogP contribution >= 0.6 is 15.9 Å². The number of ether oxygens (including phenoxy) is 1. The van der Waals surface area contributed by atoms with Gasteiger partial charge in [0.15, 0.2) is 0 Å². The van der Waals surface area contributed by atoms with Crippen LogP contribution in [0.1, 0.15) is 24.2 Å². The second-order valence-corrected chi connectivity index (χ2v) is 8.78. The van der Waals surface area contributed by atoms with E-state index in [0.29, 0.717) is 23.3 Å². The highest BCUT2D eigenvalue weighted by atomic mass is 79.9. The van der Waals surface area contributed by atoms with E-state index in [1.165, 1.54) is 18.3 Å². The lowest BCUT2D eigenvalue weighted by Gasteiger charge is -2.15. The number of hydrogen-bond acceptors (Lipinski definition) is 5. The van der Waals surface area contributed by atoms with Gasteiger partial charge in [-0.1, -0.05) is 28.1 Å². The standard InChI is InChI=1S/C20H21BrN4O4S/c1-3-25-13-15(12-22-25)23-20(26)16-7-5-6-8-17(16)24-30(27,28)19-11-14(21)9-10-18(19)29-4-2/h5-13,24H,3-4H2,1-2H3,(H,23,26). The highest BCUT2D eigenvalue weighted by molar-refractivity contribution is 9.10. The number of para-hydroxylation sites is 1. The highest BCUT2D eigenvalue weighted by Crippen LogP contribution is 2.30. The van der Waals surface area contributed by atoms with Gasteiger partial charge in [-0.05, 0) is 44.2 Å². The summed E-state index contributed by atoms with van der Waals surface area (Å²) >= 11 is 3.29. The molecular formula is C20H21BrN4O4S. The number of carbonyl (C=O) groups excluding carboxylic acids is 1. The monoisotopic (exact) mass is 492 g/mol. The molecule has 158 valence electrons. The molecule has 0 aliphatic carbocycles. The fraction of sp³-hybridized carbons (Fsp3) is 0.200. The predicted octanol–water partition coefficient (Wildman–Crippen LogP) is 4.12. The topological polar surface area (TPSA) is 102 Å². The number of halogens is 1. The van der Waals surface area contributed by atoms with Gasteiger partial charge >= 0.3 is 0 Å². The molecule has 3 aromatic rings. The number of rotatable bonds is 8. The van der Waals surface area contributed by atoms with Crippen molar-refractivity contribution < 1.29 is 17.9 Å². The summed E-state index contributed by atoms with van der Waals surface area (Å²) < 4.78 is 36.4. The van der Waals surface area contributed by atoms with Crippen molar-refractivity contribution in [2.45, 2.75) is 25.3 Å². The highest BCUT2D eigenvalue weighted by Gasteiger charge is 2.23. The number of amides is 1. The lowest BCUT2D eigenvalue weighted by Crippen LogP contribution is -2.19. The second kappa shape index (κ2) is 9.31. The number of sulfonamides is 1. The van der Waals surface area contributed by atoms with Gasteiger partial charge in [-0.25, -0.2) is 8.42 Å². The van der Waals surface area contributed by atoms with Crippen molar-refractivity contribution in [3.8, 4) is 5.75 Å². The fourth-order valence-electron chi connectivity index (χ4n) is 2.74. The summed E-state index contributed by atoms with van der Waals surface area (Å²) in [4.78, 5) is 12.7. The summed E-state index contributed by atoms with van der Waals surface area (Å²) in [6.07, 6.45) is 3.23. The first kappa shape index (κ1) is 21.8. The molecule has 0 aliphatic heterocycles. The smallest absolute Gasteiger partial charge is 0.265 e. The normalized spacial score (nSPS) is 11.2. The third-order valence-corrected chi connectivity index (χ3v) is 6.01. The molecule has 2 N–H and O–H groups in total. The minimum Gasteiger partial charge on any atom is -0.492 e. The molecule has 0 radical (unpaired) electrons. The number of aromatic nitrogens is 2. The summed E-state index contributed by atoms with van der Waals surface area (Å²) in [5.41, 5.74) is 0.851. The van der Waals surface area contributed by atoms with Crippen molar-refractivity contribution in [3.05, 3.63) is 64.9 Å². The van der Waals surface area contributed by atoms with Crippen molar-refractivity contribution in [1.82, 2.24) is 9.78 Å². The van der Waals surface area contributed by atoms with Gasteiger partial charge in [0.1, 0.15) is 10.6 Å². The Kier molecular flexibility index (Phi) is 6.78. The number of carbonyl (C=O) groups is 1. The van der Waals surface area contributed by atoms with Gasteiger partial charge in [0.25, 0.3) is 15.9 Å². The quantitative estimate of drug-likeness (QED) is 0.492. The van der Waals surface area contributed by atoms with E-state index >= 15 is 0 Å². The Labute approximate surface area is 183 Å². The molecule has 1 amide bonds. The number of aryl methyl sites for hydroxylation is 1. The van der Waals surface area contributed by atoms with Crippen LogP contribution in [-0.4, -0.2) is 30.7 Å². The van der Waals surface area contributed by atoms with E-state index in [1.54, 1.807) is 48.1 Å². The Balaban J connectivity index is 1.90. The molecule has 10 heteroatoms. The van der Waals surface area contributed by atoms with Gasteiger partial charge in [0, 0.05) is 17.2 Å². The Morgan fingerprint density at radius 3 is 2.67 bits per heavy atom. The minimum atomic E-state index is -4.02. The predicted molar refractivity (Wildman–Crippen MR) is 118 cm³/mol. The van der Waals surface area contributed by atoms with Gasteiger partial charge in [-0.3, -0.25) is 14.2 Å². The SMILES string of the molecule is CCOc1ccc(Br)cc1S(=O)(=O)Nc1ccccc1C(=O)Nc1cnn(CC)c1. The van der Waals surface area contributed by atoms with Crippen molar-refractivity contribution in [1.29, 1.82) is 0 Å². The van der Waals surface area contributed by atoms with Gasteiger partial charge in [0.2, 0.25) is 0 Å². The number of anilines is 2. The molecule has 1 aromatic heterocycles. The lowest BCUT2D eigenvalue weighted by atomic mass is 10.1. The van der Waals surface area contributed by atoms with Gasteiger partial charge in [0.05, 0.1) is 29.7 Å². The average Bonchev–Trinajstić information content (AvgIpc) is 3.17. The Bertz CT molecular complexity index is 1160. The van der Waals surface area contributed by atoms with E-state index in [0.717, 1.165) is 0 Å². The van der Waals surface area contributed by atoms with Crippen LogP contribution in [0.3, 0.4) is 0 Å². The first-order valence-electron chi connectivity index (χ1n) is 9.22. The maximum absolute atomic E-state index is 13.1. The zero-order chi connectivity index (χ0) is 21.7. The van der Waals surface area contributed by atoms with E-state index in [2.05, 4.69) is 31.1 Å². The molecule has 3 rings (SSSR count). The zero-order valence-corrected chi connectivity index (χ0v) is 18.8. The zero-order valence-electron chi connectivity index (χ0n) is 16.4. The van der Waals surface area contributed by atoms with Gasteiger partial charge < -0.3 is 10.1 Å². The van der Waals surface area contributed by atoms with E-state index in [1.807, 2.05) is 6.92 Å². The van der Waals surface area contributed by atoms with Gasteiger partial charge in [-0.2, -0.15) is 5.10 Å². The molecule has 0 aliphatic rings. The minimum absolute atomic E-state index is 0.0295. The summed E-state index contributed by atoms with van der Waals surface area (Å²) in [5, 5.41) is 6.84. The van der Waals surface area contributed by atoms with Crippen LogP contribution in [0, 0.1) is 0 Å². The van der Waals surface area contributed by atoms with Crippen molar-refractivity contribution >= 4 is 43.2 Å². The molecule has 0 atom stereocenters. The molecule has 8 nitrogen and oxygen atoms in total. The number of nitrogens with zero attached hydrogens (tertiary/aromatic N) is 2. The van der Waals surface area contributed by atoms with Crippen LogP contribution in [0.4, 0.5) is 11.4 Å². The largest absolute Gasteiger partial charge is 0.492 e. The van der Waals surface area contributed by atoms with Crippen molar-refractivity contribution in [3.63, 3.8) is 0 Å². The van der Waals surface area contributed by atoms with E-state index < -0.39 is 15.9 Å². The molecule has 0 unspecified atom stereocenters. The summed E-state index contributed by atoms with van der Waals surface area (Å²) in [5.74, 6) is -0.231. The number of hydrogen-bond donors (Lipinski definition) is 2. The van der Waals surface area contributed by atoms with Crippen LogP contribution in [0.2, 0.25) is 0 Å². The third kappa shape index (κ3) is 5.00. The summed E-state index contributed by atoms with van der Waals surface area (Å²) in [7, 11) is -4.02. The van der Waals surface area contributed by atoms with Crippen LogP contribution in [0.25, 0.3) is 0 Å². The molecular weight excluding hydrogens is 472 g/mol. The Morgan fingerprint density at radius 2 is 1.97 bits per heavy atom. The van der Waals surface area contributed by atoms with Crippen LogP contribution < -0.4 is 14.8 Å². The Morgan fingerprint density at radius 1 is 1.20 bits per heavy atom. The van der Waals surface area contributed by atoms with Crippen LogP contribution in [0.15, 0.2) is 64.2 Å². The summed E-state index contributed by atoms with van der Waals surface area (Å²) in [6, 6.07) is 11.1. The molecule has 30 heavy (non-hydrogen) atoms. The number of benzene rings is 2. The van der Waals surface area contributed by atoms with E-state index in [4.69, 9.17) is 4.74 Å². The molecule has 0 saturated heterocycles. The third-order valence-electron chi connectivity index (χ3n) is 4.13. The summed E-state index contributed by atoms with van der Waals surface area (Å²) in [6.45, 7) is 4.68. The van der Waals surface area contributed by atoms with Crippen molar-refractivity contribution in [2.24, 2.45) is 0 Å². The molecule has 1 heterocycles. The maximum atomic E-state index is 13.1. The molecule has 0 bridgehead atoms. The fourth-order valence-corrected chi connectivity index (χ4v) is 4.50. The first-order valence-corrected chi connectivity index (χ1v) is 11.5. The lowest BCUT2D eigenvalue weighted by molar-refractivity contribution is 0.102. The van der Waals surface area contributed by atoms with E-state index in [9.17, 15) is 13.2 Å². The second-order valence-electron chi connectivity index (χ2n) is 6.21. The number of nitrogens with one attached hydrogen (secondary N) is 2. The van der Waals surface area contributed by atoms with Crippen LogP contribution in [0.5, 0.6) is 5.75 Å². The molecule has 2 aromatic carbocycles. The Hall–Kier alpha value is -2.85.